The number of nitrogens with zero attached hydrogens (tertiary/aromatic N) is 1. The van der Waals surface area contributed by atoms with Gasteiger partial charge in [0.2, 0.25) is 0 Å². The average molecular weight is 285 g/mol. The Balaban J connectivity index is 1.67. The van der Waals surface area contributed by atoms with Gasteiger partial charge in [0, 0.05) is 17.4 Å². The van der Waals surface area contributed by atoms with E-state index >= 15 is 0 Å². The van der Waals surface area contributed by atoms with Gasteiger partial charge in [-0.25, -0.2) is 9.78 Å². The van der Waals surface area contributed by atoms with E-state index in [1.165, 1.54) is 0 Å². The molecule has 0 saturated carbocycles. The van der Waals surface area contributed by atoms with E-state index < -0.39 is 0 Å². The second-order valence-corrected chi connectivity index (χ2v) is 4.60. The van der Waals surface area contributed by atoms with E-state index in [-0.39, 0.29) is 6.03 Å². The van der Waals surface area contributed by atoms with Crippen molar-refractivity contribution in [3.05, 3.63) is 42.1 Å². The molecule has 6 nitrogen and oxygen atoms in total. The highest BCUT2D eigenvalue weighted by Gasteiger charge is 2.12. The first-order valence-electron chi connectivity index (χ1n) is 6.62. The Bertz CT molecular complexity index is 673. The molecule has 0 aliphatic carbocycles. The number of pyridine rings is 1. The van der Waals surface area contributed by atoms with Gasteiger partial charge < -0.3 is 14.8 Å². The van der Waals surface area contributed by atoms with Gasteiger partial charge in [0.15, 0.2) is 11.5 Å². The molecule has 0 bridgehead atoms. The smallest absolute Gasteiger partial charge is 0.324 e. The van der Waals surface area contributed by atoms with Gasteiger partial charge in [-0.2, -0.15) is 0 Å². The van der Waals surface area contributed by atoms with Crippen molar-refractivity contribution >= 4 is 17.5 Å². The zero-order valence-corrected chi connectivity index (χ0v) is 11.6. The van der Waals surface area contributed by atoms with Crippen molar-refractivity contribution < 1.29 is 14.3 Å². The zero-order valence-electron chi connectivity index (χ0n) is 11.6. The molecule has 1 aliphatic heterocycles. The summed E-state index contributed by atoms with van der Waals surface area (Å²) in [7, 11) is 0. The zero-order chi connectivity index (χ0) is 14.7. The molecular formula is C15H15N3O3. The van der Waals surface area contributed by atoms with Crippen molar-refractivity contribution in [2.24, 2.45) is 0 Å². The molecule has 2 aromatic rings. The third-order valence-electron chi connectivity index (χ3n) is 2.93. The number of benzene rings is 1. The Morgan fingerprint density at radius 3 is 2.71 bits per heavy atom. The number of ether oxygens (including phenoxy) is 2. The molecule has 1 aliphatic rings. The summed E-state index contributed by atoms with van der Waals surface area (Å²) in [5, 5.41) is 5.41. The predicted molar refractivity (Wildman–Crippen MR) is 79.0 cm³/mol. The molecular weight excluding hydrogens is 270 g/mol. The summed E-state index contributed by atoms with van der Waals surface area (Å²) in [4.78, 5) is 16.1. The highest BCUT2D eigenvalue weighted by atomic mass is 16.6. The predicted octanol–water partition coefficient (Wildman–Crippen LogP) is 2.81. The van der Waals surface area contributed by atoms with Crippen molar-refractivity contribution in [3.8, 4) is 11.5 Å². The Hall–Kier alpha value is -2.76. The molecule has 0 atom stereocenters. The van der Waals surface area contributed by atoms with E-state index in [4.69, 9.17) is 9.47 Å². The van der Waals surface area contributed by atoms with Crippen LogP contribution in [0.5, 0.6) is 11.5 Å². The van der Waals surface area contributed by atoms with Gasteiger partial charge in [0.1, 0.15) is 19.0 Å². The summed E-state index contributed by atoms with van der Waals surface area (Å²) in [6, 6.07) is 10.3. The number of nitrogens with one attached hydrogen (secondary N) is 2. The van der Waals surface area contributed by atoms with Crippen LogP contribution in [-0.4, -0.2) is 24.2 Å². The van der Waals surface area contributed by atoms with E-state index in [0.29, 0.717) is 36.2 Å². The number of fused-ring (bicyclic) bond motifs is 1. The van der Waals surface area contributed by atoms with Crippen LogP contribution in [-0.2, 0) is 0 Å². The van der Waals surface area contributed by atoms with Crippen LogP contribution in [0.4, 0.5) is 16.3 Å². The molecule has 0 saturated heterocycles. The summed E-state index contributed by atoms with van der Waals surface area (Å²) in [5.41, 5.74) is 1.47. The van der Waals surface area contributed by atoms with Crippen molar-refractivity contribution in [2.45, 2.75) is 6.92 Å². The van der Waals surface area contributed by atoms with E-state index in [9.17, 15) is 4.79 Å². The molecule has 21 heavy (non-hydrogen) atoms. The Morgan fingerprint density at radius 2 is 1.90 bits per heavy atom. The number of aryl methyl sites for hydroxylation is 1. The maximum atomic E-state index is 11.9. The maximum absolute atomic E-state index is 11.9. The quantitative estimate of drug-likeness (QED) is 0.890. The number of carbonyl (C=O) groups excluding carboxylic acids is 1. The summed E-state index contributed by atoms with van der Waals surface area (Å²) >= 11 is 0. The van der Waals surface area contributed by atoms with Crippen LogP contribution in [0.25, 0.3) is 0 Å². The van der Waals surface area contributed by atoms with Crippen molar-refractivity contribution in [2.75, 3.05) is 23.8 Å². The maximum Gasteiger partial charge on any atom is 0.324 e. The van der Waals surface area contributed by atoms with E-state index in [0.717, 1.165) is 5.69 Å². The monoisotopic (exact) mass is 285 g/mol. The van der Waals surface area contributed by atoms with Crippen LogP contribution in [0.3, 0.4) is 0 Å². The first kappa shape index (κ1) is 13.2. The number of hydrogen-bond acceptors (Lipinski definition) is 4. The Kier molecular flexibility index (Phi) is 3.59. The number of urea groups is 1. The standard InChI is InChI=1S/C15H15N3O3/c1-10-3-2-4-14(16-10)18-15(19)17-11-5-6-12-13(9-11)21-8-7-20-12/h2-6,9H,7-8H2,1H3,(H2,16,17,18,19). The lowest BCUT2D eigenvalue weighted by Crippen LogP contribution is -2.20. The fourth-order valence-electron chi connectivity index (χ4n) is 2.01. The third-order valence-corrected chi connectivity index (χ3v) is 2.93. The fourth-order valence-corrected chi connectivity index (χ4v) is 2.01. The second-order valence-electron chi connectivity index (χ2n) is 4.60. The van der Waals surface area contributed by atoms with Crippen molar-refractivity contribution in [1.82, 2.24) is 4.98 Å². The van der Waals surface area contributed by atoms with Crippen LogP contribution >= 0.6 is 0 Å². The van der Waals surface area contributed by atoms with E-state index in [1.54, 1.807) is 24.3 Å². The van der Waals surface area contributed by atoms with Crippen LogP contribution in [0, 0.1) is 6.92 Å². The molecule has 0 fully saturated rings. The molecule has 1 aromatic carbocycles. The summed E-state index contributed by atoms with van der Waals surface area (Å²) < 4.78 is 10.9. The summed E-state index contributed by atoms with van der Waals surface area (Å²) in [6.07, 6.45) is 0. The lowest BCUT2D eigenvalue weighted by Gasteiger charge is -2.19. The number of rotatable bonds is 2. The van der Waals surface area contributed by atoms with E-state index in [2.05, 4.69) is 15.6 Å². The van der Waals surface area contributed by atoms with Crippen LogP contribution < -0.4 is 20.1 Å². The number of aromatic nitrogens is 1. The summed E-state index contributed by atoms with van der Waals surface area (Å²) in [6.45, 7) is 2.92. The first-order chi connectivity index (χ1) is 10.2. The van der Waals surface area contributed by atoms with Gasteiger partial charge in [-0.05, 0) is 31.2 Å². The van der Waals surface area contributed by atoms with Gasteiger partial charge >= 0.3 is 6.03 Å². The lowest BCUT2D eigenvalue weighted by atomic mass is 10.2. The largest absolute Gasteiger partial charge is 0.486 e. The van der Waals surface area contributed by atoms with E-state index in [1.807, 2.05) is 19.1 Å². The SMILES string of the molecule is Cc1cccc(NC(=O)Nc2ccc3c(c2)OCCO3)n1. The molecule has 1 aromatic heterocycles. The Morgan fingerprint density at radius 1 is 1.10 bits per heavy atom. The summed E-state index contributed by atoms with van der Waals surface area (Å²) in [5.74, 6) is 1.82. The van der Waals surface area contributed by atoms with Gasteiger partial charge in [-0.1, -0.05) is 6.07 Å². The topological polar surface area (TPSA) is 72.5 Å². The highest BCUT2D eigenvalue weighted by Crippen LogP contribution is 2.32. The van der Waals surface area contributed by atoms with Crippen molar-refractivity contribution in [1.29, 1.82) is 0 Å². The fraction of sp³-hybridized carbons (Fsp3) is 0.200. The number of hydrogen-bond donors (Lipinski definition) is 2. The molecule has 2 heterocycles. The molecule has 2 amide bonds. The number of anilines is 2. The van der Waals surface area contributed by atoms with Crippen LogP contribution in [0.2, 0.25) is 0 Å². The number of carbonyl (C=O) groups is 1. The van der Waals surface area contributed by atoms with Gasteiger partial charge in [-0.3, -0.25) is 5.32 Å². The normalized spacial score (nSPS) is 12.6. The number of amides is 2. The first-order valence-corrected chi connectivity index (χ1v) is 6.62. The molecule has 0 radical (unpaired) electrons. The van der Waals surface area contributed by atoms with Gasteiger partial charge in [0.05, 0.1) is 0 Å². The van der Waals surface area contributed by atoms with Gasteiger partial charge in [0.25, 0.3) is 0 Å². The average Bonchev–Trinajstić information content (AvgIpc) is 2.47. The Labute approximate surface area is 122 Å². The van der Waals surface area contributed by atoms with Gasteiger partial charge in [-0.15, -0.1) is 0 Å². The second kappa shape index (κ2) is 5.70. The molecule has 0 unspecified atom stereocenters. The molecule has 6 heteroatoms. The molecule has 0 spiro atoms. The lowest BCUT2D eigenvalue weighted by molar-refractivity contribution is 0.171. The van der Waals surface area contributed by atoms with Crippen LogP contribution in [0.15, 0.2) is 36.4 Å². The van der Waals surface area contributed by atoms with Crippen LogP contribution in [0.1, 0.15) is 5.69 Å². The minimum absolute atomic E-state index is 0.357. The minimum atomic E-state index is -0.357. The molecule has 3 rings (SSSR count). The third kappa shape index (κ3) is 3.22. The van der Waals surface area contributed by atoms with Crippen molar-refractivity contribution in [3.63, 3.8) is 0 Å². The minimum Gasteiger partial charge on any atom is -0.486 e. The highest BCUT2D eigenvalue weighted by molar-refractivity contribution is 5.99. The molecule has 2 N–H and O–H groups in total. The molecule has 108 valence electrons.